The van der Waals surface area contributed by atoms with Crippen molar-refractivity contribution in [3.05, 3.63) is 10.7 Å². The molecule has 0 bridgehead atoms. The fourth-order valence-corrected chi connectivity index (χ4v) is 4.30. The molecular formula is C10H14O9S2. The molecule has 1 atom stereocenters. The highest BCUT2D eigenvalue weighted by Crippen LogP contribution is 2.37. The Hall–Kier alpha value is -1.62. The molecule has 1 aliphatic heterocycles. The summed E-state index contributed by atoms with van der Waals surface area (Å²) >= 11 is 0. The molecule has 1 rings (SSSR count). The Kier molecular flexibility index (Phi) is 4.40. The average Bonchev–Trinajstić information content (AvgIpc) is 2.48. The molecular weight excluding hydrogens is 328 g/mol. The summed E-state index contributed by atoms with van der Waals surface area (Å²) in [6, 6.07) is 0. The summed E-state index contributed by atoms with van der Waals surface area (Å²) in [4.78, 5) is 22.4. The van der Waals surface area contributed by atoms with Gasteiger partial charge in [-0.3, -0.25) is 0 Å². The van der Waals surface area contributed by atoms with E-state index in [9.17, 15) is 31.5 Å². The highest BCUT2D eigenvalue weighted by Gasteiger charge is 2.60. The molecule has 0 amide bonds. The Bertz CT molecular complexity index is 714. The first-order chi connectivity index (χ1) is 9.35. The van der Waals surface area contributed by atoms with Crippen LogP contribution < -0.4 is 0 Å². The molecule has 0 saturated carbocycles. The van der Waals surface area contributed by atoms with E-state index in [0.717, 1.165) is 6.26 Å². The predicted octanol–water partition coefficient (Wildman–Crippen LogP) is -1.30. The van der Waals surface area contributed by atoms with E-state index in [0.29, 0.717) is 6.26 Å². The van der Waals surface area contributed by atoms with E-state index in [1.165, 1.54) is 6.92 Å². The molecule has 0 spiro atoms. The fraction of sp³-hybridized carbons (Fsp3) is 0.600. The first-order valence-corrected chi connectivity index (χ1v) is 9.52. The van der Waals surface area contributed by atoms with Crippen LogP contribution in [-0.2, 0) is 38.7 Å². The minimum Gasteiger partial charge on any atom is -0.501 e. The third-order valence-electron chi connectivity index (χ3n) is 2.48. The summed E-state index contributed by atoms with van der Waals surface area (Å²) in [5.74, 6) is -5.37. The number of sulfone groups is 2. The van der Waals surface area contributed by atoms with Crippen molar-refractivity contribution in [1.29, 1.82) is 0 Å². The van der Waals surface area contributed by atoms with Gasteiger partial charge in [-0.05, 0) is 6.92 Å². The van der Waals surface area contributed by atoms with E-state index < -0.39 is 53.6 Å². The number of rotatable bonds is 5. The molecule has 1 N–H and O–H groups in total. The molecule has 0 aromatic rings. The molecule has 0 saturated heterocycles. The SMILES string of the molecule is CCOC(=O)C1(CS(C)(=O)=O)OC(=O)C(O)=C1S(C)(=O)=O. The lowest BCUT2D eigenvalue weighted by atomic mass is 10.1. The minimum absolute atomic E-state index is 0.209. The van der Waals surface area contributed by atoms with Crippen molar-refractivity contribution >= 4 is 31.6 Å². The van der Waals surface area contributed by atoms with E-state index in [1.54, 1.807) is 0 Å². The van der Waals surface area contributed by atoms with E-state index >= 15 is 0 Å². The van der Waals surface area contributed by atoms with Gasteiger partial charge >= 0.3 is 11.9 Å². The fourth-order valence-electron chi connectivity index (χ4n) is 1.92. The number of esters is 2. The predicted molar refractivity (Wildman–Crippen MR) is 69.7 cm³/mol. The smallest absolute Gasteiger partial charge is 0.376 e. The van der Waals surface area contributed by atoms with Crippen LogP contribution in [0.5, 0.6) is 0 Å². The number of hydrogen-bond acceptors (Lipinski definition) is 9. The van der Waals surface area contributed by atoms with Crippen LogP contribution in [0.3, 0.4) is 0 Å². The van der Waals surface area contributed by atoms with Crippen molar-refractivity contribution < 1.29 is 41.0 Å². The number of hydrogen-bond donors (Lipinski definition) is 1. The summed E-state index contributed by atoms with van der Waals surface area (Å²) in [7, 11) is -8.27. The zero-order chi connectivity index (χ0) is 16.6. The standard InChI is InChI=1S/C10H14O9S2/c1-4-18-9(13)10(5-20(2,14)15)7(21(3,16)17)6(11)8(12)19-10/h11H,4-5H2,1-3H3. The van der Waals surface area contributed by atoms with Crippen molar-refractivity contribution in [1.82, 2.24) is 0 Å². The maximum atomic E-state index is 12.0. The molecule has 120 valence electrons. The first kappa shape index (κ1) is 17.4. The van der Waals surface area contributed by atoms with Crippen molar-refractivity contribution in [2.24, 2.45) is 0 Å². The highest BCUT2D eigenvalue weighted by molar-refractivity contribution is 7.95. The summed E-state index contributed by atoms with van der Waals surface area (Å²) < 4.78 is 55.7. The minimum atomic E-state index is -4.31. The summed E-state index contributed by atoms with van der Waals surface area (Å²) in [5.41, 5.74) is -2.72. The lowest BCUT2D eigenvalue weighted by molar-refractivity contribution is -0.170. The lowest BCUT2D eigenvalue weighted by Crippen LogP contribution is -2.50. The molecule has 0 aliphatic carbocycles. The van der Waals surface area contributed by atoms with Crippen LogP contribution in [0.2, 0.25) is 0 Å². The number of ether oxygens (including phenoxy) is 2. The topological polar surface area (TPSA) is 141 Å². The van der Waals surface area contributed by atoms with Crippen LogP contribution in [0.15, 0.2) is 10.7 Å². The number of aliphatic hydroxyl groups is 1. The Morgan fingerprint density at radius 1 is 1.29 bits per heavy atom. The quantitative estimate of drug-likeness (QED) is 0.603. The van der Waals surface area contributed by atoms with Gasteiger partial charge in [-0.2, -0.15) is 0 Å². The monoisotopic (exact) mass is 342 g/mol. The molecule has 0 radical (unpaired) electrons. The van der Waals surface area contributed by atoms with Crippen LogP contribution >= 0.6 is 0 Å². The summed E-state index contributed by atoms with van der Waals surface area (Å²) in [5, 5.41) is 9.57. The molecule has 1 unspecified atom stereocenters. The Balaban J connectivity index is 3.66. The molecule has 11 heteroatoms. The second-order valence-electron chi connectivity index (χ2n) is 4.46. The molecule has 0 aromatic heterocycles. The van der Waals surface area contributed by atoms with Crippen molar-refractivity contribution in [3.63, 3.8) is 0 Å². The maximum Gasteiger partial charge on any atom is 0.376 e. The van der Waals surface area contributed by atoms with Gasteiger partial charge in [-0.25, -0.2) is 26.4 Å². The van der Waals surface area contributed by atoms with Gasteiger partial charge in [0, 0.05) is 12.5 Å². The number of aliphatic hydroxyl groups excluding tert-OH is 1. The van der Waals surface area contributed by atoms with Crippen molar-refractivity contribution in [2.75, 3.05) is 24.9 Å². The van der Waals surface area contributed by atoms with Crippen molar-refractivity contribution in [3.8, 4) is 0 Å². The number of cyclic esters (lactones) is 1. The largest absolute Gasteiger partial charge is 0.501 e. The second kappa shape index (κ2) is 5.30. The molecule has 0 aromatic carbocycles. The van der Waals surface area contributed by atoms with E-state index in [-0.39, 0.29) is 6.61 Å². The number of carbonyl (C=O) groups is 2. The molecule has 1 aliphatic rings. The highest BCUT2D eigenvalue weighted by atomic mass is 32.2. The molecule has 21 heavy (non-hydrogen) atoms. The van der Waals surface area contributed by atoms with Crippen molar-refractivity contribution in [2.45, 2.75) is 12.5 Å². The van der Waals surface area contributed by atoms with E-state index in [4.69, 9.17) is 0 Å². The summed E-state index contributed by atoms with van der Waals surface area (Å²) in [6.07, 6.45) is 1.33. The Morgan fingerprint density at radius 2 is 1.81 bits per heavy atom. The van der Waals surface area contributed by atoms with E-state index in [1.807, 2.05) is 0 Å². The Labute approximate surface area is 121 Å². The van der Waals surface area contributed by atoms with Crippen LogP contribution in [-0.4, -0.2) is 64.4 Å². The Morgan fingerprint density at radius 3 is 2.19 bits per heavy atom. The van der Waals surface area contributed by atoms with Gasteiger partial charge in [0.1, 0.15) is 10.7 Å². The number of carbonyl (C=O) groups excluding carboxylic acids is 2. The van der Waals surface area contributed by atoms with Gasteiger partial charge in [0.05, 0.1) is 6.61 Å². The average molecular weight is 342 g/mol. The normalized spacial score (nSPS) is 23.1. The third-order valence-corrected chi connectivity index (χ3v) is 4.68. The van der Waals surface area contributed by atoms with Gasteiger partial charge in [0.15, 0.2) is 19.7 Å². The van der Waals surface area contributed by atoms with Gasteiger partial charge in [-0.1, -0.05) is 0 Å². The summed E-state index contributed by atoms with van der Waals surface area (Å²) in [6.45, 7) is 1.19. The van der Waals surface area contributed by atoms with Crippen LogP contribution in [0, 0.1) is 0 Å². The van der Waals surface area contributed by atoms with Gasteiger partial charge in [0.2, 0.25) is 5.76 Å². The maximum absolute atomic E-state index is 12.0. The van der Waals surface area contributed by atoms with Gasteiger partial charge in [0.25, 0.3) is 5.60 Å². The van der Waals surface area contributed by atoms with Crippen LogP contribution in [0.25, 0.3) is 0 Å². The zero-order valence-electron chi connectivity index (χ0n) is 11.4. The molecule has 0 fully saturated rings. The zero-order valence-corrected chi connectivity index (χ0v) is 13.1. The van der Waals surface area contributed by atoms with Crippen LogP contribution in [0.1, 0.15) is 6.92 Å². The second-order valence-corrected chi connectivity index (χ2v) is 8.55. The molecule has 1 heterocycles. The van der Waals surface area contributed by atoms with Gasteiger partial charge < -0.3 is 14.6 Å². The third kappa shape index (κ3) is 3.35. The molecule has 9 nitrogen and oxygen atoms in total. The first-order valence-electron chi connectivity index (χ1n) is 5.57. The van der Waals surface area contributed by atoms with Crippen LogP contribution in [0.4, 0.5) is 0 Å². The van der Waals surface area contributed by atoms with E-state index in [2.05, 4.69) is 9.47 Å². The van der Waals surface area contributed by atoms with Gasteiger partial charge in [-0.15, -0.1) is 0 Å². The lowest BCUT2D eigenvalue weighted by Gasteiger charge is -2.26.